The largest absolute Gasteiger partial charge is 0.324 e. The van der Waals surface area contributed by atoms with Gasteiger partial charge in [0.25, 0.3) is 0 Å². The van der Waals surface area contributed by atoms with Gasteiger partial charge >= 0.3 is 5.00 Å². The molecule has 102 valence electrons. The summed E-state index contributed by atoms with van der Waals surface area (Å²) in [5.74, 6) is 1.13. The van der Waals surface area contributed by atoms with Crippen LogP contribution in [-0.2, 0) is 0 Å². The summed E-state index contributed by atoms with van der Waals surface area (Å²) in [6.45, 7) is 6.14. The molecule has 1 aliphatic rings. The highest BCUT2D eigenvalue weighted by atomic mass is 32.1. The second-order valence-corrected chi connectivity index (χ2v) is 6.46. The normalized spacial score (nSPS) is 25.7. The first-order valence-electron chi connectivity index (χ1n) is 6.39. The van der Waals surface area contributed by atoms with Gasteiger partial charge in [-0.25, -0.2) is 0 Å². The van der Waals surface area contributed by atoms with Gasteiger partial charge in [-0.05, 0) is 24.3 Å². The van der Waals surface area contributed by atoms with E-state index in [1.165, 1.54) is 12.5 Å². The first-order valence-corrected chi connectivity index (χ1v) is 7.20. The molecule has 1 aromatic heterocycles. The molecule has 2 heterocycles. The van der Waals surface area contributed by atoms with Crippen LogP contribution in [0.5, 0.6) is 0 Å². The Hall–Kier alpha value is -1.45. The molecule has 5 nitrogen and oxygen atoms in total. The lowest BCUT2D eigenvalue weighted by Gasteiger charge is -2.37. The first-order chi connectivity index (χ1) is 9.01. The van der Waals surface area contributed by atoms with Crippen LogP contribution in [-0.4, -0.2) is 22.9 Å². The van der Waals surface area contributed by atoms with E-state index in [0.717, 1.165) is 29.3 Å². The van der Waals surface area contributed by atoms with Gasteiger partial charge in [-0.15, -0.1) is 0 Å². The smallest absolute Gasteiger partial charge is 0.283 e. The monoisotopic (exact) mass is 279 g/mol. The molecule has 6 heteroatoms. The molecule has 0 saturated carbocycles. The molecule has 0 aromatic carbocycles. The zero-order valence-corrected chi connectivity index (χ0v) is 11.9. The SMILES string of the molecule is CC1CC(C)CN(C(C#N)c2ccc([N+](=O)[O-])s2)C1. The molecular weight excluding hydrogens is 262 g/mol. The van der Waals surface area contributed by atoms with Gasteiger partial charge < -0.3 is 0 Å². The Labute approximate surface area is 116 Å². The minimum absolute atomic E-state index is 0.105. The van der Waals surface area contributed by atoms with Crippen LogP contribution < -0.4 is 0 Å². The predicted molar refractivity (Wildman–Crippen MR) is 73.8 cm³/mol. The standard InChI is InChI=1S/C13H17N3O2S/c1-9-5-10(2)8-15(7-9)11(6-14)12-3-4-13(19-12)16(17)18/h3-4,9-11H,5,7-8H2,1-2H3. The molecule has 0 spiro atoms. The molecule has 0 aliphatic carbocycles. The lowest BCUT2D eigenvalue weighted by Crippen LogP contribution is -2.40. The number of hydrogen-bond donors (Lipinski definition) is 0. The van der Waals surface area contributed by atoms with Gasteiger partial charge in [-0.3, -0.25) is 15.0 Å². The van der Waals surface area contributed by atoms with Crippen LogP contribution in [0.1, 0.15) is 31.2 Å². The summed E-state index contributed by atoms with van der Waals surface area (Å²) >= 11 is 1.11. The van der Waals surface area contributed by atoms with Crippen molar-refractivity contribution in [3.05, 3.63) is 27.1 Å². The number of nitriles is 1. The third-order valence-corrected chi connectivity index (χ3v) is 4.54. The van der Waals surface area contributed by atoms with E-state index in [1.807, 2.05) is 0 Å². The first kappa shape index (κ1) is 14.0. The number of piperidine rings is 1. The molecule has 0 amide bonds. The van der Waals surface area contributed by atoms with Gasteiger partial charge in [0.15, 0.2) is 0 Å². The fourth-order valence-electron chi connectivity index (χ4n) is 2.83. The molecule has 3 unspecified atom stereocenters. The van der Waals surface area contributed by atoms with Crippen molar-refractivity contribution in [2.24, 2.45) is 11.8 Å². The van der Waals surface area contributed by atoms with E-state index in [9.17, 15) is 15.4 Å². The maximum Gasteiger partial charge on any atom is 0.324 e. The molecular formula is C13H17N3O2S. The number of hydrogen-bond acceptors (Lipinski definition) is 5. The van der Waals surface area contributed by atoms with Crippen LogP contribution in [0.25, 0.3) is 0 Å². The topological polar surface area (TPSA) is 70.2 Å². The Bertz CT molecular complexity index is 498. The van der Waals surface area contributed by atoms with Gasteiger partial charge in [0.1, 0.15) is 6.04 Å². The number of thiophene rings is 1. The zero-order valence-electron chi connectivity index (χ0n) is 11.1. The van der Waals surface area contributed by atoms with Crippen LogP contribution >= 0.6 is 11.3 Å². The highest BCUT2D eigenvalue weighted by Gasteiger charge is 2.30. The van der Waals surface area contributed by atoms with Crippen LogP contribution in [0.2, 0.25) is 0 Å². The Balaban J connectivity index is 2.19. The van der Waals surface area contributed by atoms with Gasteiger partial charge in [-0.2, -0.15) is 5.26 Å². The second-order valence-electron chi connectivity index (χ2n) is 5.36. The predicted octanol–water partition coefficient (Wildman–Crippen LogP) is 3.20. The van der Waals surface area contributed by atoms with Gasteiger partial charge in [0, 0.05) is 24.0 Å². The van der Waals surface area contributed by atoms with Crippen molar-refractivity contribution in [3.8, 4) is 6.07 Å². The van der Waals surface area contributed by atoms with E-state index in [2.05, 4.69) is 24.8 Å². The van der Waals surface area contributed by atoms with Crippen molar-refractivity contribution >= 4 is 16.3 Å². The summed E-state index contributed by atoms with van der Waals surface area (Å²) in [6, 6.07) is 5.13. The van der Waals surface area contributed by atoms with Crippen molar-refractivity contribution in [1.29, 1.82) is 5.26 Å². The van der Waals surface area contributed by atoms with Crippen LogP contribution in [0.4, 0.5) is 5.00 Å². The number of nitrogens with zero attached hydrogens (tertiary/aromatic N) is 3. The lowest BCUT2D eigenvalue weighted by molar-refractivity contribution is -0.380. The molecule has 1 aromatic rings. The van der Waals surface area contributed by atoms with E-state index < -0.39 is 4.92 Å². The molecule has 2 rings (SSSR count). The summed E-state index contributed by atoms with van der Waals surface area (Å²) in [7, 11) is 0. The second kappa shape index (κ2) is 5.68. The van der Waals surface area contributed by atoms with Gasteiger partial charge in [0.05, 0.1) is 11.0 Å². The van der Waals surface area contributed by atoms with Gasteiger partial charge in [-0.1, -0.05) is 25.2 Å². The van der Waals surface area contributed by atoms with Gasteiger partial charge in [0.2, 0.25) is 0 Å². The highest BCUT2D eigenvalue weighted by molar-refractivity contribution is 7.15. The Kier molecular flexibility index (Phi) is 4.17. The minimum atomic E-state index is -0.399. The number of nitro groups is 1. The van der Waals surface area contributed by atoms with E-state index in [-0.39, 0.29) is 11.0 Å². The van der Waals surface area contributed by atoms with Crippen molar-refractivity contribution in [2.75, 3.05) is 13.1 Å². The van der Waals surface area contributed by atoms with E-state index >= 15 is 0 Å². The average Bonchev–Trinajstić information content (AvgIpc) is 2.78. The molecule has 0 N–H and O–H groups in total. The number of rotatable bonds is 3. The van der Waals surface area contributed by atoms with Crippen LogP contribution in [0.15, 0.2) is 12.1 Å². The summed E-state index contributed by atoms with van der Waals surface area (Å²) in [5.41, 5.74) is 0. The maximum absolute atomic E-state index is 10.7. The Morgan fingerprint density at radius 1 is 1.47 bits per heavy atom. The van der Waals surface area contributed by atoms with Crippen molar-refractivity contribution in [1.82, 2.24) is 4.90 Å². The van der Waals surface area contributed by atoms with E-state index in [0.29, 0.717) is 11.8 Å². The molecule has 1 aliphatic heterocycles. The van der Waals surface area contributed by atoms with Crippen LogP contribution in [0, 0.1) is 33.3 Å². The molecule has 3 atom stereocenters. The molecule has 1 fully saturated rings. The highest BCUT2D eigenvalue weighted by Crippen LogP contribution is 2.34. The Morgan fingerprint density at radius 3 is 2.58 bits per heavy atom. The van der Waals surface area contributed by atoms with Crippen molar-refractivity contribution in [2.45, 2.75) is 26.3 Å². The quantitative estimate of drug-likeness (QED) is 0.629. The van der Waals surface area contributed by atoms with Crippen molar-refractivity contribution in [3.63, 3.8) is 0 Å². The fraction of sp³-hybridized carbons (Fsp3) is 0.615. The zero-order chi connectivity index (χ0) is 14.0. The molecule has 0 radical (unpaired) electrons. The number of likely N-dealkylation sites (tertiary alicyclic amines) is 1. The summed E-state index contributed by atoms with van der Waals surface area (Å²) < 4.78 is 0. The minimum Gasteiger partial charge on any atom is -0.283 e. The van der Waals surface area contributed by atoms with E-state index in [1.54, 1.807) is 6.07 Å². The summed E-state index contributed by atoms with van der Waals surface area (Å²) in [4.78, 5) is 13.2. The fourth-order valence-corrected chi connectivity index (χ4v) is 3.74. The van der Waals surface area contributed by atoms with E-state index in [4.69, 9.17) is 0 Å². The lowest BCUT2D eigenvalue weighted by atomic mass is 9.91. The van der Waals surface area contributed by atoms with Crippen LogP contribution in [0.3, 0.4) is 0 Å². The third-order valence-electron chi connectivity index (χ3n) is 3.45. The molecule has 0 bridgehead atoms. The summed E-state index contributed by atoms with van der Waals surface area (Å²) in [6.07, 6.45) is 1.18. The molecule has 19 heavy (non-hydrogen) atoms. The van der Waals surface area contributed by atoms with Crippen molar-refractivity contribution < 1.29 is 4.92 Å². The third kappa shape index (κ3) is 3.11. The summed E-state index contributed by atoms with van der Waals surface area (Å²) in [5, 5.41) is 20.2. The maximum atomic E-state index is 10.7. The molecule has 1 saturated heterocycles. The Morgan fingerprint density at radius 2 is 2.11 bits per heavy atom. The average molecular weight is 279 g/mol.